The normalized spacial score (nSPS) is 18.6. The molecule has 0 bridgehead atoms. The zero-order valence-corrected chi connectivity index (χ0v) is 20.7. The Bertz CT molecular complexity index is 1080. The SMILES string of the molecule is CCN(CC)c1ncc(CC(F)(F)F)c(N[C@H](C)Cc2ccc(N3C(=O)[C@@H]4CCCN4C3=O)cc2)n1. The molecule has 4 rings (SSSR count). The summed E-state index contributed by atoms with van der Waals surface area (Å²) < 4.78 is 39.4. The standard InChI is InChI=1S/C25H31F3N6O2/c1-4-32(5-2)23-29-15-18(14-25(26,27)28)21(31-23)30-16(3)13-17-8-10-19(11-9-17)34-22(35)20-7-6-12-33(20)24(34)36/h8-11,15-16,20H,4-7,12-14H2,1-3H3,(H,29,30,31)/t16-,20+/m1/s1. The van der Waals surface area contributed by atoms with Crippen LogP contribution in [-0.4, -0.2) is 64.7 Å². The third-order valence-corrected chi connectivity index (χ3v) is 6.60. The fourth-order valence-electron chi connectivity index (χ4n) is 4.81. The van der Waals surface area contributed by atoms with Crippen LogP contribution >= 0.6 is 0 Å². The van der Waals surface area contributed by atoms with Crippen LogP contribution in [0.15, 0.2) is 30.5 Å². The molecule has 1 aromatic carbocycles. The summed E-state index contributed by atoms with van der Waals surface area (Å²) in [5.74, 6) is 0.359. The predicted octanol–water partition coefficient (Wildman–Crippen LogP) is 4.40. The second-order valence-corrected chi connectivity index (χ2v) is 9.23. The molecule has 0 spiro atoms. The zero-order valence-electron chi connectivity index (χ0n) is 20.7. The number of anilines is 3. The lowest BCUT2D eigenvalue weighted by Gasteiger charge is -2.22. The van der Waals surface area contributed by atoms with E-state index in [0.29, 0.717) is 44.1 Å². The van der Waals surface area contributed by atoms with Crippen molar-refractivity contribution >= 4 is 29.4 Å². The average molecular weight is 505 g/mol. The maximum Gasteiger partial charge on any atom is 0.393 e. The number of amides is 3. The molecule has 0 unspecified atom stereocenters. The lowest BCUT2D eigenvalue weighted by Crippen LogP contribution is -2.33. The molecular formula is C25H31F3N6O2. The number of aromatic nitrogens is 2. The number of benzene rings is 1. The van der Waals surface area contributed by atoms with Gasteiger partial charge in [-0.3, -0.25) is 4.79 Å². The Balaban J connectivity index is 1.47. The summed E-state index contributed by atoms with van der Waals surface area (Å²) in [6.45, 7) is 7.61. The topological polar surface area (TPSA) is 81.7 Å². The summed E-state index contributed by atoms with van der Waals surface area (Å²) in [4.78, 5) is 38.6. The minimum Gasteiger partial charge on any atom is -0.367 e. The third kappa shape index (κ3) is 5.39. The molecule has 2 aliphatic rings. The highest BCUT2D eigenvalue weighted by molar-refractivity contribution is 6.21. The molecule has 0 aliphatic carbocycles. The first kappa shape index (κ1) is 25.7. The molecule has 2 atom stereocenters. The summed E-state index contributed by atoms with van der Waals surface area (Å²) in [5.41, 5.74) is 1.43. The third-order valence-electron chi connectivity index (χ3n) is 6.60. The van der Waals surface area contributed by atoms with Gasteiger partial charge in [0.05, 0.1) is 12.1 Å². The van der Waals surface area contributed by atoms with Gasteiger partial charge < -0.3 is 15.1 Å². The summed E-state index contributed by atoms with van der Waals surface area (Å²) >= 11 is 0. The van der Waals surface area contributed by atoms with Crippen LogP contribution in [0.25, 0.3) is 0 Å². The highest BCUT2D eigenvalue weighted by Crippen LogP contribution is 2.32. The molecule has 3 amide bonds. The molecule has 2 saturated heterocycles. The van der Waals surface area contributed by atoms with Crippen molar-refractivity contribution in [3.63, 3.8) is 0 Å². The molecule has 36 heavy (non-hydrogen) atoms. The van der Waals surface area contributed by atoms with Crippen LogP contribution in [0.1, 0.15) is 44.7 Å². The first-order valence-corrected chi connectivity index (χ1v) is 12.3. The van der Waals surface area contributed by atoms with E-state index in [0.717, 1.165) is 12.0 Å². The minimum atomic E-state index is -4.38. The second kappa shape index (κ2) is 10.3. The minimum absolute atomic E-state index is 0.00721. The van der Waals surface area contributed by atoms with Crippen molar-refractivity contribution in [2.24, 2.45) is 0 Å². The van der Waals surface area contributed by atoms with Crippen molar-refractivity contribution in [3.8, 4) is 0 Å². The number of halogens is 3. The fraction of sp³-hybridized carbons (Fsp3) is 0.520. The molecule has 1 aromatic heterocycles. The van der Waals surface area contributed by atoms with Crippen molar-refractivity contribution < 1.29 is 22.8 Å². The van der Waals surface area contributed by atoms with E-state index in [1.807, 2.05) is 37.8 Å². The summed E-state index contributed by atoms with van der Waals surface area (Å²) in [6, 6.07) is 6.25. The monoisotopic (exact) mass is 504 g/mol. The molecule has 2 aliphatic heterocycles. The van der Waals surface area contributed by atoms with Gasteiger partial charge in [0.25, 0.3) is 5.91 Å². The summed E-state index contributed by atoms with van der Waals surface area (Å²) in [5, 5.41) is 3.13. The van der Waals surface area contributed by atoms with E-state index in [2.05, 4.69) is 15.3 Å². The van der Waals surface area contributed by atoms with Crippen LogP contribution in [0.3, 0.4) is 0 Å². The van der Waals surface area contributed by atoms with E-state index in [4.69, 9.17) is 0 Å². The van der Waals surface area contributed by atoms with E-state index < -0.39 is 12.6 Å². The van der Waals surface area contributed by atoms with Crippen molar-refractivity contribution in [1.82, 2.24) is 14.9 Å². The number of urea groups is 1. The van der Waals surface area contributed by atoms with Crippen molar-refractivity contribution in [1.29, 1.82) is 0 Å². The van der Waals surface area contributed by atoms with Gasteiger partial charge in [0, 0.05) is 37.4 Å². The number of nitrogens with one attached hydrogen (secondary N) is 1. The smallest absolute Gasteiger partial charge is 0.367 e. The maximum atomic E-state index is 13.1. The summed E-state index contributed by atoms with van der Waals surface area (Å²) in [6.07, 6.45) is -2.22. The van der Waals surface area contributed by atoms with Crippen LogP contribution in [0, 0.1) is 0 Å². The Labute approximate surface area is 208 Å². The van der Waals surface area contributed by atoms with E-state index in [9.17, 15) is 22.8 Å². The van der Waals surface area contributed by atoms with Crippen LogP contribution < -0.4 is 15.1 Å². The number of carbonyl (C=O) groups is 2. The fourth-order valence-corrected chi connectivity index (χ4v) is 4.81. The number of carbonyl (C=O) groups excluding carboxylic acids is 2. The van der Waals surface area contributed by atoms with Crippen molar-refractivity contribution in [3.05, 3.63) is 41.6 Å². The van der Waals surface area contributed by atoms with Gasteiger partial charge in [-0.05, 0) is 57.7 Å². The first-order chi connectivity index (χ1) is 17.1. The van der Waals surface area contributed by atoms with Crippen LogP contribution in [0.4, 0.5) is 35.4 Å². The Morgan fingerprint density at radius 1 is 1.17 bits per heavy atom. The highest BCUT2D eigenvalue weighted by Gasteiger charge is 2.47. The largest absolute Gasteiger partial charge is 0.393 e. The van der Waals surface area contributed by atoms with Crippen LogP contribution in [-0.2, 0) is 17.6 Å². The van der Waals surface area contributed by atoms with Gasteiger partial charge in [0.15, 0.2) is 0 Å². The average Bonchev–Trinajstić information content (AvgIpc) is 3.39. The number of rotatable bonds is 9. The molecule has 11 heteroatoms. The Morgan fingerprint density at radius 2 is 1.86 bits per heavy atom. The lowest BCUT2D eigenvalue weighted by molar-refractivity contribution is -0.127. The number of fused-ring (bicyclic) bond motifs is 1. The Morgan fingerprint density at radius 3 is 2.47 bits per heavy atom. The molecule has 0 radical (unpaired) electrons. The highest BCUT2D eigenvalue weighted by atomic mass is 19.4. The molecule has 0 saturated carbocycles. The van der Waals surface area contributed by atoms with Gasteiger partial charge in [-0.2, -0.15) is 18.2 Å². The maximum absolute atomic E-state index is 13.1. The molecule has 2 fully saturated rings. The number of imide groups is 1. The number of hydrogen-bond donors (Lipinski definition) is 1. The van der Waals surface area contributed by atoms with Crippen molar-refractivity contribution in [2.75, 3.05) is 34.8 Å². The molecule has 8 nitrogen and oxygen atoms in total. The van der Waals surface area contributed by atoms with Crippen LogP contribution in [0.2, 0.25) is 0 Å². The quantitative estimate of drug-likeness (QED) is 0.510. The number of hydrogen-bond acceptors (Lipinski definition) is 6. The lowest BCUT2D eigenvalue weighted by atomic mass is 10.1. The van der Waals surface area contributed by atoms with E-state index in [1.54, 1.807) is 17.0 Å². The molecular weight excluding hydrogens is 473 g/mol. The van der Waals surface area contributed by atoms with Gasteiger partial charge in [0.1, 0.15) is 11.9 Å². The van der Waals surface area contributed by atoms with Gasteiger partial charge in [-0.15, -0.1) is 0 Å². The van der Waals surface area contributed by atoms with E-state index in [-0.39, 0.29) is 35.4 Å². The second-order valence-electron chi connectivity index (χ2n) is 9.23. The predicted molar refractivity (Wildman–Crippen MR) is 131 cm³/mol. The molecule has 3 heterocycles. The molecule has 194 valence electrons. The first-order valence-electron chi connectivity index (χ1n) is 12.3. The molecule has 2 aromatic rings. The molecule has 1 N–H and O–H groups in total. The van der Waals surface area contributed by atoms with E-state index >= 15 is 0 Å². The number of alkyl halides is 3. The van der Waals surface area contributed by atoms with Gasteiger partial charge in [-0.25, -0.2) is 14.7 Å². The van der Waals surface area contributed by atoms with E-state index in [1.165, 1.54) is 11.1 Å². The Hall–Kier alpha value is -3.37. The zero-order chi connectivity index (χ0) is 26.0. The number of nitrogens with zero attached hydrogens (tertiary/aromatic N) is 5. The van der Waals surface area contributed by atoms with Gasteiger partial charge in [-0.1, -0.05) is 12.1 Å². The summed E-state index contributed by atoms with van der Waals surface area (Å²) in [7, 11) is 0. The van der Waals surface area contributed by atoms with Crippen molar-refractivity contribution in [2.45, 2.75) is 64.7 Å². The van der Waals surface area contributed by atoms with Gasteiger partial charge in [0.2, 0.25) is 5.95 Å². The Kier molecular flexibility index (Phi) is 7.37. The van der Waals surface area contributed by atoms with Gasteiger partial charge >= 0.3 is 12.2 Å². The van der Waals surface area contributed by atoms with Crippen LogP contribution in [0.5, 0.6) is 0 Å².